The van der Waals surface area contributed by atoms with Gasteiger partial charge in [-0.2, -0.15) is 0 Å². The molecule has 0 bridgehead atoms. The highest BCUT2D eigenvalue weighted by molar-refractivity contribution is 9.10. The minimum atomic E-state index is -0.215. The molecule has 0 saturated carbocycles. The Morgan fingerprint density at radius 1 is 1.11 bits per heavy atom. The average Bonchev–Trinajstić information content (AvgIpc) is 2.68. The minimum absolute atomic E-state index is 0.215. The van der Waals surface area contributed by atoms with E-state index >= 15 is 0 Å². The van der Waals surface area contributed by atoms with E-state index in [0.717, 1.165) is 21.3 Å². The molecule has 2 aromatic carbocycles. The van der Waals surface area contributed by atoms with Gasteiger partial charge in [-0.15, -0.1) is 0 Å². The van der Waals surface area contributed by atoms with Crippen LogP contribution in [0.25, 0.3) is 0 Å². The molecule has 6 heteroatoms. The van der Waals surface area contributed by atoms with Crippen molar-refractivity contribution in [3.05, 3.63) is 94.2 Å². The number of aromatic nitrogens is 1. The molecule has 0 spiro atoms. The molecule has 27 heavy (non-hydrogen) atoms. The maximum Gasteiger partial charge on any atom is 0.257 e. The fourth-order valence-corrected chi connectivity index (χ4v) is 2.67. The summed E-state index contributed by atoms with van der Waals surface area (Å²) in [4.78, 5) is 21.2. The predicted octanol–water partition coefficient (Wildman–Crippen LogP) is 4.55. The first-order chi connectivity index (χ1) is 13.1. The first-order valence-corrected chi connectivity index (χ1v) is 9.23. The number of nitrogens with one attached hydrogen (secondary N) is 2. The molecule has 1 amide bonds. The van der Waals surface area contributed by atoms with Crippen molar-refractivity contribution in [3.63, 3.8) is 0 Å². The third-order valence-corrected chi connectivity index (χ3v) is 4.29. The highest BCUT2D eigenvalue weighted by Crippen LogP contribution is 2.14. The molecule has 0 atom stereocenters. The monoisotopic (exact) mass is 422 g/mol. The number of aryl methyl sites for hydroxylation is 1. The first kappa shape index (κ1) is 18.8. The summed E-state index contributed by atoms with van der Waals surface area (Å²) >= 11 is 3.42. The van der Waals surface area contributed by atoms with Gasteiger partial charge >= 0.3 is 0 Å². The second kappa shape index (κ2) is 9.09. The number of aliphatic imine (C=N–C) groups is 1. The van der Waals surface area contributed by atoms with Crippen molar-refractivity contribution in [2.75, 3.05) is 5.32 Å². The van der Waals surface area contributed by atoms with Crippen LogP contribution in [-0.4, -0.2) is 16.9 Å². The molecule has 0 unspecified atom stereocenters. The molecular weight excluding hydrogens is 404 g/mol. The Kier molecular flexibility index (Phi) is 6.33. The molecule has 5 nitrogen and oxygen atoms in total. The second-order valence-electron chi connectivity index (χ2n) is 5.98. The van der Waals surface area contributed by atoms with Gasteiger partial charge in [-0.3, -0.25) is 15.1 Å². The average molecular weight is 423 g/mol. The van der Waals surface area contributed by atoms with E-state index in [1.54, 1.807) is 18.5 Å². The van der Waals surface area contributed by atoms with Crippen LogP contribution in [0.2, 0.25) is 0 Å². The Morgan fingerprint density at radius 3 is 2.63 bits per heavy atom. The Balaban J connectivity index is 1.79. The quantitative estimate of drug-likeness (QED) is 0.478. The second-order valence-corrected chi connectivity index (χ2v) is 6.90. The molecule has 0 aliphatic carbocycles. The fourth-order valence-electron chi connectivity index (χ4n) is 2.41. The van der Waals surface area contributed by atoms with Crippen LogP contribution >= 0.6 is 15.9 Å². The normalized spacial score (nSPS) is 11.1. The van der Waals surface area contributed by atoms with Crippen molar-refractivity contribution in [3.8, 4) is 0 Å². The van der Waals surface area contributed by atoms with Gasteiger partial charge in [0.1, 0.15) is 0 Å². The van der Waals surface area contributed by atoms with E-state index in [-0.39, 0.29) is 5.91 Å². The molecule has 0 fully saturated rings. The smallest absolute Gasteiger partial charge is 0.257 e. The number of amides is 1. The lowest BCUT2D eigenvalue weighted by Crippen LogP contribution is -2.36. The maximum absolute atomic E-state index is 12.6. The van der Waals surface area contributed by atoms with Crippen molar-refractivity contribution in [1.82, 2.24) is 10.3 Å². The van der Waals surface area contributed by atoms with Crippen LogP contribution in [0.1, 0.15) is 21.5 Å². The lowest BCUT2D eigenvalue weighted by molar-refractivity contribution is 0.0977. The summed E-state index contributed by atoms with van der Waals surface area (Å²) in [6.07, 6.45) is 3.47. The standard InChI is InChI=1S/C21H19BrN4O/c1-15-4-2-6-17(12-15)20(27)26-21(24-14-16-5-3-11-23-13-16)25-19-9-7-18(22)8-10-19/h2-13H,14H2,1H3,(H2,24,25,26,27). The van der Waals surface area contributed by atoms with Crippen LogP contribution in [0.15, 0.2) is 82.5 Å². The number of hydrogen-bond acceptors (Lipinski definition) is 3. The molecule has 2 N–H and O–H groups in total. The van der Waals surface area contributed by atoms with Crippen molar-refractivity contribution in [2.45, 2.75) is 13.5 Å². The summed E-state index contributed by atoms with van der Waals surface area (Å²) in [5.41, 5.74) is 3.39. The number of guanidine groups is 1. The van der Waals surface area contributed by atoms with Gasteiger partial charge in [-0.25, -0.2) is 4.99 Å². The van der Waals surface area contributed by atoms with Crippen molar-refractivity contribution in [2.24, 2.45) is 4.99 Å². The Morgan fingerprint density at radius 2 is 1.93 bits per heavy atom. The summed E-state index contributed by atoms with van der Waals surface area (Å²) in [7, 11) is 0. The van der Waals surface area contributed by atoms with Gasteiger partial charge in [0.15, 0.2) is 0 Å². The zero-order chi connectivity index (χ0) is 19.1. The van der Waals surface area contributed by atoms with E-state index in [2.05, 4.69) is 36.5 Å². The molecule has 3 aromatic rings. The lowest BCUT2D eigenvalue weighted by atomic mass is 10.1. The van der Waals surface area contributed by atoms with Crippen LogP contribution in [0.4, 0.5) is 5.69 Å². The number of pyridine rings is 1. The molecule has 3 rings (SSSR count). The summed E-state index contributed by atoms with van der Waals surface area (Å²) in [5, 5.41) is 6.03. The van der Waals surface area contributed by atoms with E-state index in [1.165, 1.54) is 0 Å². The molecule has 1 heterocycles. The Bertz CT molecular complexity index is 940. The van der Waals surface area contributed by atoms with Gasteiger partial charge in [-0.05, 0) is 55.0 Å². The highest BCUT2D eigenvalue weighted by Gasteiger charge is 2.09. The van der Waals surface area contributed by atoms with Gasteiger partial charge in [-0.1, -0.05) is 39.7 Å². The van der Waals surface area contributed by atoms with Crippen LogP contribution < -0.4 is 10.6 Å². The Labute approximate surface area is 166 Å². The van der Waals surface area contributed by atoms with Crippen LogP contribution in [0, 0.1) is 6.92 Å². The number of rotatable bonds is 4. The van der Waals surface area contributed by atoms with Crippen LogP contribution in [0.3, 0.4) is 0 Å². The molecule has 1 aromatic heterocycles. The highest BCUT2D eigenvalue weighted by atomic mass is 79.9. The first-order valence-electron chi connectivity index (χ1n) is 8.44. The fraction of sp³-hybridized carbons (Fsp3) is 0.0952. The summed E-state index contributed by atoms with van der Waals surface area (Å²) in [6, 6.07) is 18.9. The number of carbonyl (C=O) groups is 1. The number of benzene rings is 2. The van der Waals surface area contributed by atoms with Gasteiger partial charge in [0.2, 0.25) is 5.96 Å². The van der Waals surface area contributed by atoms with E-state index in [9.17, 15) is 4.79 Å². The van der Waals surface area contributed by atoms with Gasteiger partial charge in [0, 0.05) is 28.1 Å². The predicted molar refractivity (Wildman–Crippen MR) is 112 cm³/mol. The zero-order valence-electron chi connectivity index (χ0n) is 14.8. The molecular formula is C21H19BrN4O. The number of hydrogen-bond donors (Lipinski definition) is 2. The van der Waals surface area contributed by atoms with Crippen LogP contribution in [-0.2, 0) is 6.54 Å². The molecule has 0 aliphatic heterocycles. The number of nitrogens with zero attached hydrogens (tertiary/aromatic N) is 2. The number of anilines is 1. The topological polar surface area (TPSA) is 66.4 Å². The maximum atomic E-state index is 12.6. The SMILES string of the molecule is Cc1cccc(C(=O)NC(=NCc2cccnc2)Nc2ccc(Br)cc2)c1. The van der Waals surface area contributed by atoms with Gasteiger partial charge in [0.25, 0.3) is 5.91 Å². The van der Waals surface area contributed by atoms with Crippen LogP contribution in [0.5, 0.6) is 0 Å². The third kappa shape index (κ3) is 5.76. The summed E-state index contributed by atoms with van der Waals surface area (Å²) in [5.74, 6) is 0.168. The molecule has 0 radical (unpaired) electrons. The van der Waals surface area contributed by atoms with Crippen molar-refractivity contribution < 1.29 is 4.79 Å². The zero-order valence-corrected chi connectivity index (χ0v) is 16.4. The summed E-state index contributed by atoms with van der Waals surface area (Å²) < 4.78 is 0.977. The number of carbonyl (C=O) groups excluding carboxylic acids is 1. The van der Waals surface area contributed by atoms with Gasteiger partial charge in [0.05, 0.1) is 6.54 Å². The minimum Gasteiger partial charge on any atom is -0.326 e. The van der Waals surface area contributed by atoms with E-state index < -0.39 is 0 Å². The molecule has 0 aliphatic rings. The Hall–Kier alpha value is -2.99. The van der Waals surface area contributed by atoms with Gasteiger partial charge < -0.3 is 5.32 Å². The van der Waals surface area contributed by atoms with Crippen molar-refractivity contribution >= 4 is 33.5 Å². The van der Waals surface area contributed by atoms with E-state index in [0.29, 0.717) is 18.1 Å². The largest absolute Gasteiger partial charge is 0.326 e. The van der Waals surface area contributed by atoms with E-state index in [1.807, 2.05) is 61.5 Å². The number of halogens is 1. The lowest BCUT2D eigenvalue weighted by Gasteiger charge is -2.12. The van der Waals surface area contributed by atoms with E-state index in [4.69, 9.17) is 0 Å². The van der Waals surface area contributed by atoms with Crippen molar-refractivity contribution in [1.29, 1.82) is 0 Å². The third-order valence-electron chi connectivity index (χ3n) is 3.76. The summed E-state index contributed by atoms with van der Waals surface area (Å²) in [6.45, 7) is 2.36. The molecule has 0 saturated heterocycles. The molecule has 136 valence electrons.